The van der Waals surface area contributed by atoms with Crippen molar-refractivity contribution < 1.29 is 5.11 Å². The highest BCUT2D eigenvalue weighted by atomic mass is 32.2. The average Bonchev–Trinajstić information content (AvgIpc) is 2.37. The van der Waals surface area contributed by atoms with Crippen LogP contribution in [-0.2, 0) is 5.75 Å². The molecular weight excluding hydrogens is 240 g/mol. The third-order valence-electron chi connectivity index (χ3n) is 2.85. The molecule has 2 heteroatoms. The molecule has 18 heavy (non-hydrogen) atoms. The Bertz CT molecular complexity index is 520. The number of aliphatic hydroxyl groups excluding tert-OH is 1. The van der Waals surface area contributed by atoms with Gasteiger partial charge in [-0.15, -0.1) is 11.8 Å². The number of aliphatic hydroxyl groups is 1. The van der Waals surface area contributed by atoms with Crippen molar-refractivity contribution >= 4 is 11.8 Å². The molecule has 0 aromatic heterocycles. The maximum absolute atomic E-state index is 9.73. The molecule has 2 aromatic carbocycles. The summed E-state index contributed by atoms with van der Waals surface area (Å²) < 4.78 is 0. The number of thioether (sulfide) groups is 1. The van der Waals surface area contributed by atoms with Crippen molar-refractivity contribution in [2.24, 2.45) is 0 Å². The van der Waals surface area contributed by atoms with Crippen LogP contribution in [0.5, 0.6) is 0 Å². The summed E-state index contributed by atoms with van der Waals surface area (Å²) in [4.78, 5) is 1.16. The third kappa shape index (κ3) is 3.37. The number of hydrogen-bond donors (Lipinski definition) is 1. The Morgan fingerprint density at radius 1 is 1.11 bits per heavy atom. The number of rotatable bonds is 4. The summed E-state index contributed by atoms with van der Waals surface area (Å²) in [5.74, 6) is 0.936. The van der Waals surface area contributed by atoms with Gasteiger partial charge in [0, 0.05) is 10.6 Å². The van der Waals surface area contributed by atoms with Crippen LogP contribution in [0.3, 0.4) is 0 Å². The molecule has 0 bridgehead atoms. The van der Waals surface area contributed by atoms with Gasteiger partial charge in [0.05, 0.1) is 6.10 Å². The normalized spacial score (nSPS) is 12.4. The van der Waals surface area contributed by atoms with Gasteiger partial charge >= 0.3 is 0 Å². The van der Waals surface area contributed by atoms with Crippen molar-refractivity contribution in [3.8, 4) is 0 Å². The molecule has 0 radical (unpaired) electrons. The molecule has 0 heterocycles. The highest BCUT2D eigenvalue weighted by molar-refractivity contribution is 7.98. The van der Waals surface area contributed by atoms with Crippen LogP contribution in [0.2, 0.25) is 0 Å². The van der Waals surface area contributed by atoms with E-state index in [1.807, 2.05) is 25.1 Å². The van der Waals surface area contributed by atoms with E-state index in [0.29, 0.717) is 0 Å². The fraction of sp³-hybridized carbons (Fsp3) is 0.250. The summed E-state index contributed by atoms with van der Waals surface area (Å²) in [5, 5.41) is 9.73. The minimum atomic E-state index is -0.411. The van der Waals surface area contributed by atoms with Crippen molar-refractivity contribution in [3.63, 3.8) is 0 Å². The molecule has 1 nitrogen and oxygen atoms in total. The van der Waals surface area contributed by atoms with Crippen molar-refractivity contribution in [1.82, 2.24) is 0 Å². The highest BCUT2D eigenvalue weighted by Crippen LogP contribution is 2.29. The number of benzene rings is 2. The summed E-state index contributed by atoms with van der Waals surface area (Å²) in [6, 6.07) is 16.6. The molecule has 0 amide bonds. The molecule has 0 saturated carbocycles. The molecule has 94 valence electrons. The zero-order valence-electron chi connectivity index (χ0n) is 10.8. The molecule has 0 unspecified atom stereocenters. The third-order valence-corrected chi connectivity index (χ3v) is 4.01. The van der Waals surface area contributed by atoms with Crippen LogP contribution in [0.1, 0.15) is 29.7 Å². The first-order valence-electron chi connectivity index (χ1n) is 6.12. The van der Waals surface area contributed by atoms with Crippen LogP contribution in [0.15, 0.2) is 53.4 Å². The van der Waals surface area contributed by atoms with Gasteiger partial charge in [-0.25, -0.2) is 0 Å². The van der Waals surface area contributed by atoms with E-state index in [2.05, 4.69) is 37.3 Å². The summed E-state index contributed by atoms with van der Waals surface area (Å²) in [5.41, 5.74) is 3.62. The predicted molar refractivity (Wildman–Crippen MR) is 77.8 cm³/mol. The van der Waals surface area contributed by atoms with Gasteiger partial charge in [0.1, 0.15) is 0 Å². The first kappa shape index (κ1) is 13.2. The monoisotopic (exact) mass is 258 g/mol. The molecule has 0 saturated heterocycles. The fourth-order valence-electron chi connectivity index (χ4n) is 1.92. The molecular formula is C16H18OS. The van der Waals surface area contributed by atoms with Crippen LogP contribution in [0, 0.1) is 6.92 Å². The second-order valence-electron chi connectivity index (χ2n) is 4.49. The maximum atomic E-state index is 9.73. The van der Waals surface area contributed by atoms with E-state index in [9.17, 15) is 5.11 Å². The Balaban J connectivity index is 2.11. The largest absolute Gasteiger partial charge is 0.389 e. The number of hydrogen-bond acceptors (Lipinski definition) is 2. The lowest BCUT2D eigenvalue weighted by atomic mass is 10.1. The van der Waals surface area contributed by atoms with E-state index in [1.54, 1.807) is 11.8 Å². The second-order valence-corrected chi connectivity index (χ2v) is 5.51. The molecule has 0 fully saturated rings. The van der Waals surface area contributed by atoms with Gasteiger partial charge in [-0.1, -0.05) is 48.0 Å². The Kier molecular flexibility index (Phi) is 4.45. The first-order chi connectivity index (χ1) is 8.66. The predicted octanol–water partition coefficient (Wildman–Crippen LogP) is 4.34. The van der Waals surface area contributed by atoms with Crippen molar-refractivity contribution in [1.29, 1.82) is 0 Å². The zero-order chi connectivity index (χ0) is 13.0. The van der Waals surface area contributed by atoms with Gasteiger partial charge in [-0.2, -0.15) is 0 Å². The van der Waals surface area contributed by atoms with E-state index < -0.39 is 6.10 Å². The van der Waals surface area contributed by atoms with Crippen molar-refractivity contribution in [3.05, 3.63) is 65.2 Å². The van der Waals surface area contributed by atoms with Crippen LogP contribution in [-0.4, -0.2) is 5.11 Å². The summed E-state index contributed by atoms with van der Waals surface area (Å²) in [6.45, 7) is 3.92. The van der Waals surface area contributed by atoms with Crippen LogP contribution < -0.4 is 0 Å². The van der Waals surface area contributed by atoms with E-state index in [4.69, 9.17) is 0 Å². The molecule has 2 aromatic rings. The summed E-state index contributed by atoms with van der Waals surface area (Å²) in [6.07, 6.45) is -0.411. The van der Waals surface area contributed by atoms with Crippen molar-refractivity contribution in [2.45, 2.75) is 30.6 Å². The van der Waals surface area contributed by atoms with Crippen LogP contribution >= 0.6 is 11.8 Å². The van der Waals surface area contributed by atoms with Gasteiger partial charge in [0.2, 0.25) is 0 Å². The van der Waals surface area contributed by atoms with Crippen LogP contribution in [0.25, 0.3) is 0 Å². The standard InChI is InChI=1S/C16H18OS/c1-12-6-5-7-14(10-12)11-18-16-9-4-3-8-15(16)13(2)17/h3-10,13,17H,11H2,1-2H3/t13-/m1/s1. The molecule has 0 aliphatic carbocycles. The minimum absolute atomic E-state index is 0.411. The van der Waals surface area contributed by atoms with Crippen LogP contribution in [0.4, 0.5) is 0 Å². The Hall–Kier alpha value is -1.25. The lowest BCUT2D eigenvalue weighted by molar-refractivity contribution is 0.196. The van der Waals surface area contributed by atoms with Gasteiger partial charge < -0.3 is 5.11 Å². The van der Waals surface area contributed by atoms with Crippen molar-refractivity contribution in [2.75, 3.05) is 0 Å². The van der Waals surface area contributed by atoms with E-state index in [0.717, 1.165) is 16.2 Å². The molecule has 1 N–H and O–H groups in total. The average molecular weight is 258 g/mol. The lowest BCUT2D eigenvalue weighted by Crippen LogP contribution is -1.93. The minimum Gasteiger partial charge on any atom is -0.389 e. The smallest absolute Gasteiger partial charge is 0.0772 e. The topological polar surface area (TPSA) is 20.2 Å². The first-order valence-corrected chi connectivity index (χ1v) is 7.10. The molecule has 0 aliphatic heterocycles. The lowest BCUT2D eigenvalue weighted by Gasteiger charge is -2.11. The summed E-state index contributed by atoms with van der Waals surface area (Å²) >= 11 is 1.78. The molecule has 1 atom stereocenters. The van der Waals surface area contributed by atoms with Gasteiger partial charge in [-0.3, -0.25) is 0 Å². The summed E-state index contributed by atoms with van der Waals surface area (Å²) in [7, 11) is 0. The van der Waals surface area contributed by atoms with E-state index in [-0.39, 0.29) is 0 Å². The quantitative estimate of drug-likeness (QED) is 0.823. The zero-order valence-corrected chi connectivity index (χ0v) is 11.6. The molecule has 2 rings (SSSR count). The van der Waals surface area contributed by atoms with E-state index in [1.165, 1.54) is 11.1 Å². The maximum Gasteiger partial charge on any atom is 0.0772 e. The second kappa shape index (κ2) is 6.07. The van der Waals surface area contributed by atoms with E-state index >= 15 is 0 Å². The Morgan fingerprint density at radius 3 is 2.61 bits per heavy atom. The fourth-order valence-corrected chi connectivity index (χ4v) is 3.00. The van der Waals surface area contributed by atoms with Gasteiger partial charge in [0.25, 0.3) is 0 Å². The molecule has 0 aliphatic rings. The van der Waals surface area contributed by atoms with Gasteiger partial charge in [-0.05, 0) is 31.0 Å². The van der Waals surface area contributed by atoms with Gasteiger partial charge in [0.15, 0.2) is 0 Å². The highest BCUT2D eigenvalue weighted by Gasteiger charge is 2.07. The SMILES string of the molecule is Cc1cccc(CSc2ccccc2[C@@H](C)O)c1. The Labute approximate surface area is 113 Å². The Morgan fingerprint density at radius 2 is 1.89 bits per heavy atom. The number of aryl methyl sites for hydroxylation is 1. The molecule has 0 spiro atoms.